The van der Waals surface area contributed by atoms with E-state index in [2.05, 4.69) is 20.4 Å². The van der Waals surface area contributed by atoms with Gasteiger partial charge in [-0.2, -0.15) is 4.98 Å². The van der Waals surface area contributed by atoms with E-state index in [1.54, 1.807) is 13.8 Å². The van der Waals surface area contributed by atoms with Gasteiger partial charge in [0.05, 0.1) is 0 Å². The second-order valence-corrected chi connectivity index (χ2v) is 5.22. The molecule has 0 unspecified atom stereocenters. The largest absolute Gasteiger partial charge is 0.480 e. The zero-order valence-electron chi connectivity index (χ0n) is 12.3. The number of rotatable bonds is 4. The highest BCUT2D eigenvalue weighted by molar-refractivity contribution is 5.93. The van der Waals surface area contributed by atoms with Crippen LogP contribution in [0, 0.1) is 19.8 Å². The number of nitrogens with one attached hydrogen (secondary N) is 1. The van der Waals surface area contributed by atoms with Crippen LogP contribution >= 0.6 is 0 Å². The number of carboxylic acid groups (broad SMARTS) is 1. The number of aliphatic carboxylic acids is 1. The second-order valence-electron chi connectivity index (χ2n) is 5.22. The van der Waals surface area contributed by atoms with E-state index in [0.29, 0.717) is 5.78 Å². The summed E-state index contributed by atoms with van der Waals surface area (Å²) in [5, 5.41) is 15.6. The van der Waals surface area contributed by atoms with Crippen molar-refractivity contribution in [2.24, 2.45) is 5.92 Å². The molecule has 0 saturated carbocycles. The first-order chi connectivity index (χ1) is 9.79. The Labute approximate surface area is 121 Å². The lowest BCUT2D eigenvalue weighted by molar-refractivity contribution is -0.140. The average molecular weight is 291 g/mol. The molecular weight excluding hydrogens is 274 g/mol. The molecule has 0 spiro atoms. The van der Waals surface area contributed by atoms with Crippen molar-refractivity contribution in [1.29, 1.82) is 0 Å². The number of nitrogens with zero attached hydrogens (tertiary/aromatic N) is 4. The van der Waals surface area contributed by atoms with Crippen LogP contribution in [-0.2, 0) is 4.79 Å². The lowest BCUT2D eigenvalue weighted by atomic mass is 10.1. The minimum Gasteiger partial charge on any atom is -0.480 e. The Balaban J connectivity index is 2.31. The zero-order chi connectivity index (χ0) is 15.7. The van der Waals surface area contributed by atoms with Gasteiger partial charge in [-0.3, -0.25) is 4.79 Å². The molecule has 1 amide bonds. The molecule has 0 aliphatic carbocycles. The van der Waals surface area contributed by atoms with Gasteiger partial charge in [0.1, 0.15) is 6.04 Å². The van der Waals surface area contributed by atoms with Gasteiger partial charge >= 0.3 is 5.97 Å². The van der Waals surface area contributed by atoms with Crippen LogP contribution in [0.2, 0.25) is 0 Å². The molecular formula is C13H17N5O3. The smallest absolute Gasteiger partial charge is 0.326 e. The third-order valence-corrected chi connectivity index (χ3v) is 3.04. The number of hydrogen-bond donors (Lipinski definition) is 2. The van der Waals surface area contributed by atoms with Crippen molar-refractivity contribution in [1.82, 2.24) is 24.9 Å². The molecule has 1 atom stereocenters. The minimum atomic E-state index is -1.09. The number of aryl methyl sites for hydroxylation is 2. The van der Waals surface area contributed by atoms with Crippen LogP contribution in [0.5, 0.6) is 0 Å². The number of amides is 1. The van der Waals surface area contributed by atoms with E-state index in [0.717, 1.165) is 11.4 Å². The Morgan fingerprint density at radius 1 is 1.29 bits per heavy atom. The first kappa shape index (κ1) is 14.9. The minimum absolute atomic E-state index is 0.0944. The summed E-state index contributed by atoms with van der Waals surface area (Å²) < 4.78 is 1.45. The summed E-state index contributed by atoms with van der Waals surface area (Å²) in [6.45, 7) is 7.07. The van der Waals surface area contributed by atoms with Gasteiger partial charge in [0.15, 0.2) is 0 Å². The van der Waals surface area contributed by atoms with Crippen LogP contribution in [0.25, 0.3) is 5.78 Å². The summed E-state index contributed by atoms with van der Waals surface area (Å²) in [6.07, 6.45) is 0. The van der Waals surface area contributed by atoms with Gasteiger partial charge in [0.25, 0.3) is 11.7 Å². The van der Waals surface area contributed by atoms with Crippen LogP contribution in [0.3, 0.4) is 0 Å². The van der Waals surface area contributed by atoms with Crippen molar-refractivity contribution in [3.8, 4) is 0 Å². The molecule has 2 heterocycles. The second kappa shape index (κ2) is 5.47. The number of carbonyl (C=O) groups excluding carboxylic acids is 1. The molecule has 0 fully saturated rings. The summed E-state index contributed by atoms with van der Waals surface area (Å²) in [5.41, 5.74) is 1.56. The predicted octanol–water partition coefficient (Wildman–Crippen LogP) is 0.580. The Morgan fingerprint density at radius 3 is 2.52 bits per heavy atom. The van der Waals surface area contributed by atoms with Crippen molar-refractivity contribution < 1.29 is 14.7 Å². The fourth-order valence-corrected chi connectivity index (χ4v) is 1.98. The lowest BCUT2D eigenvalue weighted by Crippen LogP contribution is -2.44. The zero-order valence-corrected chi connectivity index (χ0v) is 12.3. The van der Waals surface area contributed by atoms with Gasteiger partial charge in [0, 0.05) is 11.4 Å². The quantitative estimate of drug-likeness (QED) is 0.852. The van der Waals surface area contributed by atoms with Gasteiger partial charge < -0.3 is 10.4 Å². The highest BCUT2D eigenvalue weighted by Crippen LogP contribution is 2.07. The molecule has 0 saturated heterocycles. The molecule has 0 radical (unpaired) electrons. The standard InChI is InChI=1S/C13H17N5O3/c1-6(2)9(12(20)21)15-11(19)10-16-13-14-7(3)5-8(4)18(13)17-10/h5-6,9H,1-4H3,(H,15,19)(H,20,21)/t9-/m1/s1. The Hall–Kier alpha value is -2.51. The third-order valence-electron chi connectivity index (χ3n) is 3.04. The van der Waals surface area contributed by atoms with Gasteiger partial charge in [0.2, 0.25) is 5.82 Å². The molecule has 2 aromatic rings. The number of carboxylic acids is 1. The van der Waals surface area contributed by atoms with Crippen molar-refractivity contribution in [3.05, 3.63) is 23.3 Å². The van der Waals surface area contributed by atoms with Crippen LogP contribution in [0.15, 0.2) is 6.07 Å². The summed E-state index contributed by atoms with van der Waals surface area (Å²) in [6, 6.07) is 0.831. The molecule has 0 aromatic carbocycles. The molecule has 8 nitrogen and oxygen atoms in total. The van der Waals surface area contributed by atoms with E-state index in [9.17, 15) is 9.59 Å². The highest BCUT2D eigenvalue weighted by atomic mass is 16.4. The van der Waals surface area contributed by atoms with Crippen molar-refractivity contribution >= 4 is 17.7 Å². The molecule has 0 aliphatic heterocycles. The lowest BCUT2D eigenvalue weighted by Gasteiger charge is -2.16. The molecule has 0 aliphatic rings. The fraction of sp³-hybridized carbons (Fsp3) is 0.462. The van der Waals surface area contributed by atoms with E-state index in [-0.39, 0.29) is 11.7 Å². The SMILES string of the molecule is Cc1cc(C)n2nc(C(=O)N[C@@H](C(=O)O)C(C)C)nc2n1. The number of hydrogen-bond acceptors (Lipinski definition) is 5. The van der Waals surface area contributed by atoms with E-state index < -0.39 is 17.9 Å². The van der Waals surface area contributed by atoms with Gasteiger partial charge in [-0.25, -0.2) is 14.3 Å². The Morgan fingerprint density at radius 2 is 1.95 bits per heavy atom. The van der Waals surface area contributed by atoms with Crippen LogP contribution in [-0.4, -0.2) is 42.6 Å². The molecule has 2 rings (SSSR count). The first-order valence-corrected chi connectivity index (χ1v) is 6.54. The number of fused-ring (bicyclic) bond motifs is 1. The van der Waals surface area contributed by atoms with Crippen LogP contribution in [0.1, 0.15) is 35.9 Å². The summed E-state index contributed by atoms with van der Waals surface area (Å²) in [4.78, 5) is 31.4. The summed E-state index contributed by atoms with van der Waals surface area (Å²) in [7, 11) is 0. The number of carbonyl (C=O) groups is 2. The molecule has 112 valence electrons. The Kier molecular flexibility index (Phi) is 3.88. The predicted molar refractivity (Wildman–Crippen MR) is 74.0 cm³/mol. The van der Waals surface area contributed by atoms with Crippen molar-refractivity contribution in [2.45, 2.75) is 33.7 Å². The van der Waals surface area contributed by atoms with Gasteiger partial charge in [-0.15, -0.1) is 5.10 Å². The Bertz CT molecular complexity index is 707. The molecule has 21 heavy (non-hydrogen) atoms. The van der Waals surface area contributed by atoms with Crippen molar-refractivity contribution in [2.75, 3.05) is 0 Å². The maximum absolute atomic E-state index is 12.1. The van der Waals surface area contributed by atoms with E-state index in [1.165, 1.54) is 4.52 Å². The van der Waals surface area contributed by atoms with Gasteiger partial charge in [-0.1, -0.05) is 13.8 Å². The fourth-order valence-electron chi connectivity index (χ4n) is 1.98. The molecule has 2 aromatic heterocycles. The maximum Gasteiger partial charge on any atom is 0.326 e. The molecule has 0 bridgehead atoms. The first-order valence-electron chi connectivity index (χ1n) is 6.54. The maximum atomic E-state index is 12.1. The van der Waals surface area contributed by atoms with E-state index in [1.807, 2.05) is 19.9 Å². The molecule has 2 N–H and O–H groups in total. The highest BCUT2D eigenvalue weighted by Gasteiger charge is 2.26. The van der Waals surface area contributed by atoms with Gasteiger partial charge in [-0.05, 0) is 25.8 Å². The summed E-state index contributed by atoms with van der Waals surface area (Å²) >= 11 is 0. The third kappa shape index (κ3) is 2.99. The van der Waals surface area contributed by atoms with E-state index >= 15 is 0 Å². The normalized spacial score (nSPS) is 12.6. The average Bonchev–Trinajstić information content (AvgIpc) is 2.78. The topological polar surface area (TPSA) is 109 Å². The summed E-state index contributed by atoms with van der Waals surface area (Å²) in [5.74, 6) is -1.74. The monoisotopic (exact) mass is 291 g/mol. The van der Waals surface area contributed by atoms with E-state index in [4.69, 9.17) is 5.11 Å². The van der Waals surface area contributed by atoms with Crippen molar-refractivity contribution in [3.63, 3.8) is 0 Å². The van der Waals surface area contributed by atoms with Crippen LogP contribution in [0.4, 0.5) is 0 Å². The van der Waals surface area contributed by atoms with Crippen LogP contribution < -0.4 is 5.32 Å². The number of aromatic nitrogens is 4. The molecule has 8 heteroatoms.